The number of aromatic amines is 2. The second kappa shape index (κ2) is 24.4. The Morgan fingerprint density at radius 2 is 1.30 bits per heavy atom. The zero-order valence-electron chi connectivity index (χ0n) is 32.0. The van der Waals surface area contributed by atoms with Crippen LogP contribution in [0, 0.1) is 11.3 Å². The molecule has 5 amide bonds. The molecule has 0 spiro atoms. The fraction of sp³-hybridized carbons (Fsp3) is 0.588. The Morgan fingerprint density at radius 1 is 0.754 bits per heavy atom. The molecule has 0 bridgehead atoms. The van der Waals surface area contributed by atoms with E-state index in [-0.39, 0.29) is 44.7 Å². The number of hydrogen-bond acceptors (Lipinski definition) is 12. The molecule has 0 unspecified atom stereocenters. The van der Waals surface area contributed by atoms with E-state index in [9.17, 15) is 43.8 Å². The predicted octanol–water partition coefficient (Wildman–Crippen LogP) is -3.33. The summed E-state index contributed by atoms with van der Waals surface area (Å²) in [6.07, 6.45) is 6.13. The minimum absolute atomic E-state index is 0.00588. The summed E-state index contributed by atoms with van der Waals surface area (Å²) >= 11 is 0. The van der Waals surface area contributed by atoms with E-state index in [1.165, 1.54) is 25.0 Å². The fourth-order valence-electron chi connectivity index (χ4n) is 5.50. The number of rotatable bonds is 27. The van der Waals surface area contributed by atoms with Crippen molar-refractivity contribution >= 4 is 47.4 Å². The van der Waals surface area contributed by atoms with E-state index in [0.29, 0.717) is 37.1 Å². The number of carbonyl (C=O) groups excluding carboxylic acids is 5. The number of carbonyl (C=O) groups is 7. The summed E-state index contributed by atoms with van der Waals surface area (Å²) in [6, 6.07) is -8.14. The molecule has 0 aliphatic carbocycles. The molecule has 2 aromatic rings. The molecular formula is C34H56N14O9. The molecule has 2 heterocycles. The first kappa shape index (κ1) is 47.1. The van der Waals surface area contributed by atoms with Crippen LogP contribution in [-0.4, -0.2) is 127 Å². The van der Waals surface area contributed by atoms with Crippen LogP contribution in [0.15, 0.2) is 25.0 Å². The van der Waals surface area contributed by atoms with Gasteiger partial charge in [-0.15, -0.1) is 0 Å². The van der Waals surface area contributed by atoms with Gasteiger partial charge in [-0.05, 0) is 44.6 Å². The summed E-state index contributed by atoms with van der Waals surface area (Å²) in [7, 11) is 0. The minimum Gasteiger partial charge on any atom is -0.481 e. The van der Waals surface area contributed by atoms with Gasteiger partial charge in [-0.2, -0.15) is 0 Å². The average molecular weight is 805 g/mol. The molecule has 0 saturated heterocycles. The van der Waals surface area contributed by atoms with Gasteiger partial charge in [0.05, 0.1) is 36.5 Å². The lowest BCUT2D eigenvalue weighted by Crippen LogP contribution is -2.60. The molecule has 0 radical (unpaired) electrons. The Hall–Kier alpha value is -6.10. The Kier molecular flexibility index (Phi) is 20.2. The molecular weight excluding hydrogens is 748 g/mol. The van der Waals surface area contributed by atoms with E-state index < -0.39 is 90.1 Å². The highest BCUT2D eigenvalue weighted by molar-refractivity contribution is 5.97. The van der Waals surface area contributed by atoms with Crippen molar-refractivity contribution in [2.24, 2.45) is 23.1 Å². The lowest BCUT2D eigenvalue weighted by molar-refractivity contribution is -0.142. The third-order valence-electron chi connectivity index (χ3n) is 8.91. The van der Waals surface area contributed by atoms with Crippen LogP contribution >= 0.6 is 0 Å². The Bertz CT molecular complexity index is 1620. The first-order valence-corrected chi connectivity index (χ1v) is 18.5. The summed E-state index contributed by atoms with van der Waals surface area (Å²) in [5.74, 6) is -7.88. The van der Waals surface area contributed by atoms with Crippen LogP contribution in [0.25, 0.3) is 0 Å². The van der Waals surface area contributed by atoms with Crippen LogP contribution in [0.1, 0.15) is 70.2 Å². The van der Waals surface area contributed by atoms with Crippen LogP contribution < -0.4 is 49.1 Å². The zero-order chi connectivity index (χ0) is 42.5. The zero-order valence-corrected chi connectivity index (χ0v) is 32.0. The molecule has 23 heteroatoms. The largest absolute Gasteiger partial charge is 0.481 e. The van der Waals surface area contributed by atoms with E-state index >= 15 is 0 Å². The van der Waals surface area contributed by atoms with Gasteiger partial charge < -0.3 is 69.3 Å². The summed E-state index contributed by atoms with van der Waals surface area (Å²) in [5, 5.41) is 41.7. The lowest BCUT2D eigenvalue weighted by atomic mass is 9.96. The van der Waals surface area contributed by atoms with Crippen molar-refractivity contribution in [3.8, 4) is 0 Å². The van der Waals surface area contributed by atoms with Gasteiger partial charge in [-0.25, -0.2) is 14.8 Å². The second-order valence-electron chi connectivity index (χ2n) is 13.5. The van der Waals surface area contributed by atoms with Crippen molar-refractivity contribution in [3.63, 3.8) is 0 Å². The highest BCUT2D eigenvalue weighted by atomic mass is 16.4. The number of aliphatic carboxylic acids is 2. The predicted molar refractivity (Wildman–Crippen MR) is 204 cm³/mol. The molecule has 2 rings (SSSR count). The summed E-state index contributed by atoms with van der Waals surface area (Å²) < 4.78 is 0. The van der Waals surface area contributed by atoms with Crippen molar-refractivity contribution in [1.82, 2.24) is 51.8 Å². The number of carboxylic acids is 2. The van der Waals surface area contributed by atoms with E-state index in [0.717, 1.165) is 0 Å². The van der Waals surface area contributed by atoms with Crippen LogP contribution in [0.5, 0.6) is 0 Å². The normalized spacial score (nSPS) is 14.7. The number of nitrogens with one attached hydrogen (secondary N) is 9. The molecule has 57 heavy (non-hydrogen) atoms. The molecule has 0 aliphatic heterocycles. The van der Waals surface area contributed by atoms with Crippen molar-refractivity contribution in [3.05, 3.63) is 36.4 Å². The maximum Gasteiger partial charge on any atom is 0.326 e. The molecule has 0 aliphatic rings. The van der Waals surface area contributed by atoms with Crippen LogP contribution in [0.3, 0.4) is 0 Å². The number of carboxylic acid groups (broad SMARTS) is 2. The lowest BCUT2D eigenvalue weighted by Gasteiger charge is -2.28. The Balaban J connectivity index is 2.28. The molecule has 2 aromatic heterocycles. The number of nitrogens with zero attached hydrogens (tertiary/aromatic N) is 2. The molecule has 7 atom stereocenters. The number of unbranched alkanes of at least 4 members (excludes halogenated alkanes) is 1. The number of guanidine groups is 1. The SMILES string of the molecule is CC[C@H](C)[C@H](NC(=O)[C@H](CCCCN)NC(=O)[C@H](CC(=O)O)NC(=O)[C@H](Cc1c[nH]cn1)NC(=O)[C@@H](N)CCCNC(=N)N)C(=O)N[C@@H](Cc1c[nH]cn1)C(=O)O. The van der Waals surface area contributed by atoms with Crippen molar-refractivity contribution in [2.45, 2.75) is 108 Å². The van der Waals surface area contributed by atoms with Crippen LogP contribution in [0.4, 0.5) is 0 Å². The number of aromatic nitrogens is 4. The van der Waals surface area contributed by atoms with Crippen molar-refractivity contribution in [2.75, 3.05) is 13.1 Å². The Labute approximate surface area is 328 Å². The molecule has 0 aromatic carbocycles. The molecule has 0 fully saturated rings. The minimum atomic E-state index is -1.74. The maximum atomic E-state index is 13.8. The standard InChI is InChI=1S/C34H56N14O9/c1-3-18(2)27(32(55)47-25(33(56)57)12-20-15-40-17-43-20)48-29(52)22(8-4-5-9-35)44-31(54)24(13-26(49)50)46-30(53)23(11-19-14-39-16-42-19)45-28(51)21(36)7-6-10-41-34(37)38/h14-18,21-25,27H,3-13,35-36H2,1-2H3,(H,39,42)(H,40,43)(H,44,54)(H,45,51)(H,46,53)(H,47,55)(H,48,52)(H,49,50)(H,56,57)(H4,37,38,41)/t18-,21-,22-,23-,24-,25-,27-/m0/s1. The van der Waals surface area contributed by atoms with Gasteiger partial charge in [0, 0.05) is 31.8 Å². The van der Waals surface area contributed by atoms with Gasteiger partial charge in [-0.1, -0.05) is 20.3 Å². The number of nitrogens with two attached hydrogens (primary N) is 3. The Morgan fingerprint density at radius 3 is 1.82 bits per heavy atom. The van der Waals surface area contributed by atoms with E-state index in [1.807, 2.05) is 0 Å². The van der Waals surface area contributed by atoms with Crippen molar-refractivity contribution < 1.29 is 43.8 Å². The monoisotopic (exact) mass is 804 g/mol. The number of H-pyrrole nitrogens is 2. The number of imidazole rings is 2. The van der Waals surface area contributed by atoms with Gasteiger partial charge in [0.1, 0.15) is 30.2 Å². The summed E-state index contributed by atoms with van der Waals surface area (Å²) in [6.45, 7) is 3.96. The molecule has 316 valence electrons. The van der Waals surface area contributed by atoms with Gasteiger partial charge in [-0.3, -0.25) is 34.2 Å². The third-order valence-corrected chi connectivity index (χ3v) is 8.91. The molecule has 17 N–H and O–H groups in total. The second-order valence-corrected chi connectivity index (χ2v) is 13.5. The highest BCUT2D eigenvalue weighted by Gasteiger charge is 2.35. The quantitative estimate of drug-likeness (QED) is 0.0239. The average Bonchev–Trinajstić information content (AvgIpc) is 3.88. The van der Waals surface area contributed by atoms with Gasteiger partial charge >= 0.3 is 11.9 Å². The third kappa shape index (κ3) is 17.1. The first-order valence-electron chi connectivity index (χ1n) is 18.5. The molecule has 23 nitrogen and oxygen atoms in total. The number of amides is 5. The van der Waals surface area contributed by atoms with E-state index in [2.05, 4.69) is 51.8 Å². The van der Waals surface area contributed by atoms with Crippen LogP contribution in [0.2, 0.25) is 0 Å². The maximum absolute atomic E-state index is 13.8. The van der Waals surface area contributed by atoms with Gasteiger partial charge in [0.25, 0.3) is 0 Å². The van der Waals surface area contributed by atoms with Gasteiger partial charge in [0.2, 0.25) is 29.5 Å². The van der Waals surface area contributed by atoms with E-state index in [4.69, 9.17) is 22.6 Å². The summed E-state index contributed by atoms with van der Waals surface area (Å²) in [4.78, 5) is 105. The van der Waals surface area contributed by atoms with Gasteiger partial charge in [0.15, 0.2) is 5.96 Å². The highest BCUT2D eigenvalue weighted by Crippen LogP contribution is 2.12. The first-order chi connectivity index (χ1) is 27.1. The number of hydrogen-bond donors (Lipinski definition) is 14. The summed E-state index contributed by atoms with van der Waals surface area (Å²) in [5.41, 5.74) is 17.7. The fourth-order valence-corrected chi connectivity index (χ4v) is 5.50. The van der Waals surface area contributed by atoms with Crippen molar-refractivity contribution in [1.29, 1.82) is 5.41 Å². The van der Waals surface area contributed by atoms with E-state index in [1.54, 1.807) is 13.8 Å². The van der Waals surface area contributed by atoms with Crippen LogP contribution in [-0.2, 0) is 46.4 Å². The topological polar surface area (TPSA) is 391 Å². The smallest absolute Gasteiger partial charge is 0.326 e. The molecule has 0 saturated carbocycles.